The van der Waals surface area contributed by atoms with E-state index in [-0.39, 0.29) is 24.7 Å². The number of hydrogen-bond donors (Lipinski definition) is 0. The van der Waals surface area contributed by atoms with E-state index in [0.717, 1.165) is 17.4 Å². The third kappa shape index (κ3) is 4.73. The number of aryl methyl sites for hydroxylation is 1. The summed E-state index contributed by atoms with van der Waals surface area (Å²) in [6, 6.07) is 19.3. The zero-order valence-electron chi connectivity index (χ0n) is 15.3. The predicted octanol–water partition coefficient (Wildman–Crippen LogP) is 4.87. The Morgan fingerprint density at radius 1 is 0.893 bits per heavy atom. The molecule has 3 rings (SSSR count). The number of nitro benzene ring substituents is 1. The van der Waals surface area contributed by atoms with Crippen molar-refractivity contribution < 1.29 is 19.2 Å². The first-order chi connectivity index (χ1) is 13.6. The summed E-state index contributed by atoms with van der Waals surface area (Å²) < 4.78 is 11.4. The second-order valence-electron chi connectivity index (χ2n) is 6.26. The maximum atomic E-state index is 11.4. The number of ether oxygens (including phenoxy) is 2. The molecule has 142 valence electrons. The average molecular weight is 377 g/mol. The highest BCUT2D eigenvalue weighted by Crippen LogP contribution is 2.29. The van der Waals surface area contributed by atoms with Crippen LogP contribution in [-0.2, 0) is 13.2 Å². The van der Waals surface area contributed by atoms with Crippen molar-refractivity contribution in [3.05, 3.63) is 99.1 Å². The summed E-state index contributed by atoms with van der Waals surface area (Å²) in [6.07, 6.45) is 0.772. The second kappa shape index (κ2) is 8.81. The first-order valence-electron chi connectivity index (χ1n) is 8.69. The van der Waals surface area contributed by atoms with E-state index < -0.39 is 4.92 Å². The molecule has 0 heterocycles. The van der Waals surface area contributed by atoms with Crippen LogP contribution in [0, 0.1) is 17.0 Å². The van der Waals surface area contributed by atoms with Gasteiger partial charge in [-0.3, -0.25) is 14.9 Å². The lowest BCUT2D eigenvalue weighted by Crippen LogP contribution is -2.02. The highest BCUT2D eigenvalue weighted by Gasteiger charge is 2.16. The Hall–Kier alpha value is -3.67. The van der Waals surface area contributed by atoms with Crippen LogP contribution in [0.3, 0.4) is 0 Å². The third-order valence-electron chi connectivity index (χ3n) is 4.19. The molecule has 0 bridgehead atoms. The number of carbonyl (C=O) groups is 1. The highest BCUT2D eigenvalue weighted by molar-refractivity contribution is 5.75. The number of nitrogens with zero attached hydrogens (tertiary/aromatic N) is 1. The van der Waals surface area contributed by atoms with E-state index in [1.807, 2.05) is 37.3 Å². The van der Waals surface area contributed by atoms with Gasteiger partial charge in [-0.1, -0.05) is 36.4 Å². The van der Waals surface area contributed by atoms with Gasteiger partial charge in [0.25, 0.3) is 0 Å². The van der Waals surface area contributed by atoms with Crippen LogP contribution >= 0.6 is 0 Å². The Morgan fingerprint density at radius 2 is 1.57 bits per heavy atom. The van der Waals surface area contributed by atoms with E-state index in [2.05, 4.69) is 0 Å². The fourth-order valence-electron chi connectivity index (χ4n) is 2.72. The van der Waals surface area contributed by atoms with Gasteiger partial charge in [-0.2, -0.15) is 0 Å². The average Bonchev–Trinajstić information content (AvgIpc) is 2.72. The molecule has 0 saturated heterocycles. The van der Waals surface area contributed by atoms with E-state index in [1.165, 1.54) is 6.07 Å². The van der Waals surface area contributed by atoms with Gasteiger partial charge in [-0.15, -0.1) is 0 Å². The molecular weight excluding hydrogens is 358 g/mol. The van der Waals surface area contributed by atoms with Crippen LogP contribution in [0.15, 0.2) is 66.7 Å². The van der Waals surface area contributed by atoms with Gasteiger partial charge in [-0.05, 0) is 47.9 Å². The van der Waals surface area contributed by atoms with Gasteiger partial charge in [0, 0.05) is 11.6 Å². The zero-order valence-corrected chi connectivity index (χ0v) is 15.3. The van der Waals surface area contributed by atoms with Gasteiger partial charge in [0.15, 0.2) is 5.75 Å². The molecule has 0 unspecified atom stereocenters. The largest absolute Gasteiger partial charge is 0.489 e. The minimum atomic E-state index is -0.464. The second-order valence-corrected chi connectivity index (χ2v) is 6.26. The Kier molecular flexibility index (Phi) is 6.01. The molecule has 0 saturated carbocycles. The summed E-state index contributed by atoms with van der Waals surface area (Å²) in [6.45, 7) is 2.26. The predicted molar refractivity (Wildman–Crippen MR) is 105 cm³/mol. The summed E-state index contributed by atoms with van der Waals surface area (Å²) in [4.78, 5) is 21.8. The Labute approximate surface area is 162 Å². The molecule has 6 nitrogen and oxygen atoms in total. The molecule has 0 N–H and O–H groups in total. The van der Waals surface area contributed by atoms with E-state index in [0.29, 0.717) is 16.9 Å². The Bertz CT molecular complexity index is 985. The van der Waals surface area contributed by atoms with Crippen LogP contribution in [0.25, 0.3) is 0 Å². The topological polar surface area (TPSA) is 78.7 Å². The fourth-order valence-corrected chi connectivity index (χ4v) is 2.72. The van der Waals surface area contributed by atoms with Gasteiger partial charge in [-0.25, -0.2) is 0 Å². The van der Waals surface area contributed by atoms with Gasteiger partial charge in [0.2, 0.25) is 0 Å². The molecule has 0 aliphatic heterocycles. The number of carbonyl (C=O) groups excluding carboxylic acids is 1. The molecule has 0 amide bonds. The molecule has 3 aromatic rings. The van der Waals surface area contributed by atoms with Crippen molar-refractivity contribution in [1.29, 1.82) is 0 Å². The highest BCUT2D eigenvalue weighted by atomic mass is 16.6. The summed E-state index contributed by atoms with van der Waals surface area (Å²) in [5.41, 5.74) is 2.86. The van der Waals surface area contributed by atoms with E-state index in [1.54, 1.807) is 30.3 Å². The minimum Gasteiger partial charge on any atom is -0.489 e. The quantitative estimate of drug-likeness (QED) is 0.318. The van der Waals surface area contributed by atoms with Crippen LogP contribution in [-0.4, -0.2) is 11.2 Å². The van der Waals surface area contributed by atoms with E-state index >= 15 is 0 Å². The molecule has 0 atom stereocenters. The molecule has 0 aliphatic rings. The first kappa shape index (κ1) is 19.1. The van der Waals surface area contributed by atoms with Crippen molar-refractivity contribution in [3.8, 4) is 11.5 Å². The van der Waals surface area contributed by atoms with Crippen LogP contribution in [0.4, 0.5) is 5.69 Å². The number of hydrogen-bond acceptors (Lipinski definition) is 5. The number of aldehydes is 1. The standard InChI is InChI=1S/C22H19NO5/c1-16-11-18(13-24)7-9-21(16)27-15-19-8-10-22(20(12-19)23(25)26)28-14-17-5-3-2-4-6-17/h2-13H,14-15H2,1H3. The van der Waals surface area contributed by atoms with Crippen molar-refractivity contribution in [2.45, 2.75) is 20.1 Å². The van der Waals surface area contributed by atoms with Gasteiger partial charge in [0.1, 0.15) is 25.2 Å². The molecule has 0 aliphatic carbocycles. The SMILES string of the molecule is Cc1cc(C=O)ccc1OCc1ccc(OCc2ccccc2)c([N+](=O)[O-])c1. The van der Waals surface area contributed by atoms with Crippen LogP contribution < -0.4 is 9.47 Å². The number of nitro groups is 1. The summed E-state index contributed by atoms with van der Waals surface area (Å²) >= 11 is 0. The molecular formula is C22H19NO5. The van der Waals surface area contributed by atoms with Crippen LogP contribution in [0.2, 0.25) is 0 Å². The fraction of sp³-hybridized carbons (Fsp3) is 0.136. The number of rotatable bonds is 8. The lowest BCUT2D eigenvalue weighted by molar-refractivity contribution is -0.386. The van der Waals surface area contributed by atoms with E-state index in [4.69, 9.17) is 9.47 Å². The summed E-state index contributed by atoms with van der Waals surface area (Å²) in [7, 11) is 0. The van der Waals surface area contributed by atoms with Gasteiger partial charge < -0.3 is 9.47 Å². The van der Waals surface area contributed by atoms with Crippen molar-refractivity contribution in [1.82, 2.24) is 0 Å². The zero-order chi connectivity index (χ0) is 19.9. The van der Waals surface area contributed by atoms with Crippen molar-refractivity contribution in [3.63, 3.8) is 0 Å². The lowest BCUT2D eigenvalue weighted by atomic mass is 10.1. The van der Waals surface area contributed by atoms with Crippen molar-refractivity contribution in [2.75, 3.05) is 0 Å². The minimum absolute atomic E-state index is 0.106. The molecule has 28 heavy (non-hydrogen) atoms. The van der Waals surface area contributed by atoms with Crippen molar-refractivity contribution in [2.24, 2.45) is 0 Å². The lowest BCUT2D eigenvalue weighted by Gasteiger charge is -2.11. The van der Waals surface area contributed by atoms with Crippen molar-refractivity contribution >= 4 is 12.0 Å². The number of benzene rings is 3. The normalized spacial score (nSPS) is 10.3. The maximum absolute atomic E-state index is 11.4. The maximum Gasteiger partial charge on any atom is 0.311 e. The molecule has 0 fully saturated rings. The first-order valence-corrected chi connectivity index (χ1v) is 8.69. The third-order valence-corrected chi connectivity index (χ3v) is 4.19. The molecule has 0 spiro atoms. The summed E-state index contributed by atoms with van der Waals surface area (Å²) in [5, 5.41) is 11.4. The van der Waals surface area contributed by atoms with Gasteiger partial charge in [0.05, 0.1) is 4.92 Å². The van der Waals surface area contributed by atoms with E-state index in [9.17, 15) is 14.9 Å². The Morgan fingerprint density at radius 3 is 2.25 bits per heavy atom. The molecule has 0 radical (unpaired) electrons. The Balaban J connectivity index is 1.71. The summed E-state index contributed by atoms with van der Waals surface area (Å²) in [5.74, 6) is 0.835. The van der Waals surface area contributed by atoms with Crippen LogP contribution in [0.1, 0.15) is 27.0 Å². The monoisotopic (exact) mass is 377 g/mol. The van der Waals surface area contributed by atoms with Gasteiger partial charge >= 0.3 is 5.69 Å². The van der Waals surface area contributed by atoms with Crippen LogP contribution in [0.5, 0.6) is 11.5 Å². The smallest absolute Gasteiger partial charge is 0.311 e. The molecule has 3 aromatic carbocycles. The molecule has 0 aromatic heterocycles. The molecule has 6 heteroatoms.